The van der Waals surface area contributed by atoms with Crippen LogP contribution in [0.25, 0.3) is 0 Å². The number of benzene rings is 1. The fraction of sp³-hybridized carbons (Fsp3) is 0.500. The van der Waals surface area contributed by atoms with Crippen molar-refractivity contribution in [1.82, 2.24) is 5.32 Å². The third kappa shape index (κ3) is 2.28. The number of phenolic OH excluding ortho intramolecular Hbond substituents is 1. The van der Waals surface area contributed by atoms with Gasteiger partial charge in [-0.3, -0.25) is 5.32 Å². The molecule has 1 aromatic carbocycles. The molecule has 1 aliphatic rings. The molecular formula is C12H17NO2S. The van der Waals surface area contributed by atoms with Crippen molar-refractivity contribution in [3.8, 4) is 11.5 Å². The van der Waals surface area contributed by atoms with Crippen LogP contribution in [-0.2, 0) is 0 Å². The van der Waals surface area contributed by atoms with E-state index in [0.717, 1.165) is 17.7 Å². The summed E-state index contributed by atoms with van der Waals surface area (Å²) in [4.78, 5) is 0. The normalized spacial score (nSPS) is 24.6. The SMILES string of the molecule is CCC1CSC(c2ccc(O)c(OC)c2)N1. The molecule has 0 saturated carbocycles. The smallest absolute Gasteiger partial charge is 0.160 e. The third-order valence-corrected chi connectivity index (χ3v) is 4.19. The lowest BCUT2D eigenvalue weighted by Gasteiger charge is -2.13. The molecule has 2 unspecified atom stereocenters. The minimum atomic E-state index is 0.196. The van der Waals surface area contributed by atoms with Gasteiger partial charge in [0.05, 0.1) is 12.5 Å². The lowest BCUT2D eigenvalue weighted by molar-refractivity contribution is 0.372. The van der Waals surface area contributed by atoms with Crippen LogP contribution in [0.2, 0.25) is 0 Å². The van der Waals surface area contributed by atoms with E-state index in [9.17, 15) is 5.11 Å². The summed E-state index contributed by atoms with van der Waals surface area (Å²) in [7, 11) is 1.57. The van der Waals surface area contributed by atoms with Gasteiger partial charge in [-0.25, -0.2) is 0 Å². The van der Waals surface area contributed by atoms with Gasteiger partial charge in [-0.05, 0) is 24.1 Å². The summed E-state index contributed by atoms with van der Waals surface area (Å²) in [6.45, 7) is 2.19. The van der Waals surface area contributed by atoms with Gasteiger partial charge in [0.25, 0.3) is 0 Å². The number of hydrogen-bond acceptors (Lipinski definition) is 4. The number of hydrogen-bond donors (Lipinski definition) is 2. The number of rotatable bonds is 3. The lowest BCUT2D eigenvalue weighted by atomic mass is 10.2. The predicted octanol–water partition coefficient (Wildman–Crippen LogP) is 2.51. The number of methoxy groups -OCH3 is 1. The van der Waals surface area contributed by atoms with Gasteiger partial charge in [0, 0.05) is 11.8 Å². The fourth-order valence-electron chi connectivity index (χ4n) is 1.81. The second kappa shape index (κ2) is 4.97. The number of thioether (sulfide) groups is 1. The van der Waals surface area contributed by atoms with Gasteiger partial charge in [0.15, 0.2) is 11.5 Å². The summed E-state index contributed by atoms with van der Waals surface area (Å²) in [6, 6.07) is 6.13. The Kier molecular flexibility index (Phi) is 3.61. The van der Waals surface area contributed by atoms with E-state index in [1.165, 1.54) is 0 Å². The van der Waals surface area contributed by atoms with Crippen LogP contribution >= 0.6 is 11.8 Å². The Balaban J connectivity index is 2.15. The van der Waals surface area contributed by atoms with Crippen molar-refractivity contribution < 1.29 is 9.84 Å². The van der Waals surface area contributed by atoms with Crippen LogP contribution in [0.4, 0.5) is 0 Å². The molecule has 0 radical (unpaired) electrons. The first kappa shape index (κ1) is 11.6. The average molecular weight is 239 g/mol. The number of nitrogens with one attached hydrogen (secondary N) is 1. The van der Waals surface area contributed by atoms with Gasteiger partial charge in [0.2, 0.25) is 0 Å². The summed E-state index contributed by atoms with van der Waals surface area (Å²) in [6.07, 6.45) is 1.15. The van der Waals surface area contributed by atoms with Crippen molar-refractivity contribution in [2.75, 3.05) is 12.9 Å². The van der Waals surface area contributed by atoms with Crippen molar-refractivity contribution >= 4 is 11.8 Å². The van der Waals surface area contributed by atoms with E-state index in [0.29, 0.717) is 17.2 Å². The van der Waals surface area contributed by atoms with Crippen LogP contribution in [0.5, 0.6) is 11.5 Å². The zero-order chi connectivity index (χ0) is 11.5. The lowest BCUT2D eigenvalue weighted by Crippen LogP contribution is -2.24. The van der Waals surface area contributed by atoms with Gasteiger partial charge >= 0.3 is 0 Å². The van der Waals surface area contributed by atoms with E-state index in [-0.39, 0.29) is 5.75 Å². The molecule has 2 atom stereocenters. The molecule has 2 N–H and O–H groups in total. The molecule has 1 fully saturated rings. The quantitative estimate of drug-likeness (QED) is 0.850. The molecule has 2 rings (SSSR count). The van der Waals surface area contributed by atoms with Crippen LogP contribution in [0.3, 0.4) is 0 Å². The second-order valence-electron chi connectivity index (χ2n) is 3.92. The minimum absolute atomic E-state index is 0.196. The van der Waals surface area contributed by atoms with Gasteiger partial charge < -0.3 is 9.84 Å². The summed E-state index contributed by atoms with van der Waals surface area (Å²) in [5.41, 5.74) is 1.16. The molecule has 1 saturated heterocycles. The largest absolute Gasteiger partial charge is 0.504 e. The first-order valence-electron chi connectivity index (χ1n) is 5.49. The molecule has 3 nitrogen and oxygen atoms in total. The Labute approximate surface area is 100 Å². The molecule has 1 aromatic rings. The fourth-order valence-corrected chi connectivity index (χ4v) is 3.19. The van der Waals surface area contributed by atoms with Crippen LogP contribution in [0.1, 0.15) is 24.3 Å². The molecule has 88 valence electrons. The highest BCUT2D eigenvalue weighted by Crippen LogP contribution is 2.37. The summed E-state index contributed by atoms with van der Waals surface area (Å²) in [5, 5.41) is 13.4. The van der Waals surface area contributed by atoms with Crippen molar-refractivity contribution in [3.05, 3.63) is 23.8 Å². The van der Waals surface area contributed by atoms with E-state index in [2.05, 4.69) is 12.2 Å². The minimum Gasteiger partial charge on any atom is -0.504 e. The molecule has 0 spiro atoms. The molecule has 1 heterocycles. The highest BCUT2D eigenvalue weighted by molar-refractivity contribution is 7.99. The van der Waals surface area contributed by atoms with Crippen LogP contribution < -0.4 is 10.1 Å². The zero-order valence-corrected chi connectivity index (χ0v) is 10.4. The second-order valence-corrected chi connectivity index (χ2v) is 5.05. The molecular weight excluding hydrogens is 222 g/mol. The van der Waals surface area contributed by atoms with Gasteiger partial charge in [-0.15, -0.1) is 11.8 Å². The molecule has 1 aliphatic heterocycles. The maximum Gasteiger partial charge on any atom is 0.160 e. The van der Waals surface area contributed by atoms with Crippen LogP contribution in [-0.4, -0.2) is 24.0 Å². The maximum atomic E-state index is 9.52. The Morgan fingerprint density at radius 1 is 1.56 bits per heavy atom. The standard InChI is InChI=1S/C12H17NO2S/c1-3-9-7-16-12(13-9)8-4-5-10(14)11(6-8)15-2/h4-6,9,12-14H,3,7H2,1-2H3. The molecule has 0 aromatic heterocycles. The van der Waals surface area contributed by atoms with Crippen molar-refractivity contribution in [3.63, 3.8) is 0 Å². The van der Waals surface area contributed by atoms with E-state index in [4.69, 9.17) is 4.74 Å². The highest BCUT2D eigenvalue weighted by Gasteiger charge is 2.24. The summed E-state index contributed by atoms with van der Waals surface area (Å²) >= 11 is 1.90. The Morgan fingerprint density at radius 3 is 3.00 bits per heavy atom. The Morgan fingerprint density at radius 2 is 2.38 bits per heavy atom. The molecule has 4 heteroatoms. The van der Waals surface area contributed by atoms with Gasteiger partial charge in [-0.1, -0.05) is 13.0 Å². The monoisotopic (exact) mass is 239 g/mol. The highest BCUT2D eigenvalue weighted by atomic mass is 32.2. The van der Waals surface area contributed by atoms with Crippen molar-refractivity contribution in [2.24, 2.45) is 0 Å². The third-order valence-electron chi connectivity index (χ3n) is 2.85. The van der Waals surface area contributed by atoms with E-state index < -0.39 is 0 Å². The summed E-state index contributed by atoms with van der Waals surface area (Å²) < 4.78 is 5.11. The van der Waals surface area contributed by atoms with Crippen LogP contribution in [0, 0.1) is 0 Å². The molecule has 0 amide bonds. The van der Waals surface area contributed by atoms with Gasteiger partial charge in [-0.2, -0.15) is 0 Å². The zero-order valence-electron chi connectivity index (χ0n) is 9.56. The molecule has 16 heavy (non-hydrogen) atoms. The van der Waals surface area contributed by atoms with E-state index in [1.54, 1.807) is 13.2 Å². The van der Waals surface area contributed by atoms with Crippen LogP contribution in [0.15, 0.2) is 18.2 Å². The van der Waals surface area contributed by atoms with E-state index >= 15 is 0 Å². The topological polar surface area (TPSA) is 41.5 Å². The predicted molar refractivity (Wildman–Crippen MR) is 67.1 cm³/mol. The maximum absolute atomic E-state index is 9.52. The number of aromatic hydroxyl groups is 1. The molecule has 0 bridgehead atoms. The average Bonchev–Trinajstić information content (AvgIpc) is 2.78. The number of ether oxygens (including phenoxy) is 1. The van der Waals surface area contributed by atoms with Gasteiger partial charge in [0.1, 0.15) is 0 Å². The first-order chi connectivity index (χ1) is 7.74. The molecule has 0 aliphatic carbocycles. The Hall–Kier alpha value is -0.870. The van der Waals surface area contributed by atoms with Crippen molar-refractivity contribution in [2.45, 2.75) is 24.8 Å². The first-order valence-corrected chi connectivity index (χ1v) is 6.54. The Bertz CT molecular complexity index is 370. The van der Waals surface area contributed by atoms with Crippen molar-refractivity contribution in [1.29, 1.82) is 0 Å². The number of phenols is 1. The summed E-state index contributed by atoms with van der Waals surface area (Å²) in [5.74, 6) is 1.88. The van der Waals surface area contributed by atoms with E-state index in [1.807, 2.05) is 23.9 Å².